The molecule has 3 rings (SSSR count). The summed E-state index contributed by atoms with van der Waals surface area (Å²) in [6.45, 7) is 5.04. The normalized spacial score (nSPS) is 24.3. The van der Waals surface area contributed by atoms with Crippen LogP contribution in [-0.2, 0) is 4.79 Å². The van der Waals surface area contributed by atoms with Crippen LogP contribution in [0.25, 0.3) is 0 Å². The highest BCUT2D eigenvalue weighted by Crippen LogP contribution is 2.36. The summed E-state index contributed by atoms with van der Waals surface area (Å²) < 4.78 is 0. The van der Waals surface area contributed by atoms with Gasteiger partial charge in [0.05, 0.1) is 0 Å². The van der Waals surface area contributed by atoms with Gasteiger partial charge in [0.25, 0.3) is 0 Å². The molecule has 7 heteroatoms. The molecular weight excluding hydrogens is 382 g/mol. The zero-order valence-electron chi connectivity index (χ0n) is 18.0. The van der Waals surface area contributed by atoms with Crippen molar-refractivity contribution in [1.29, 1.82) is 0 Å². The molecule has 2 aliphatic rings. The number of piperidine rings is 1. The first kappa shape index (κ1) is 22.1. The van der Waals surface area contributed by atoms with E-state index in [-0.39, 0.29) is 12.5 Å². The minimum Gasteiger partial charge on any atom is -0.357 e. The topological polar surface area (TPSA) is 68.8 Å². The van der Waals surface area contributed by atoms with Gasteiger partial charge >= 0.3 is 0 Å². The zero-order chi connectivity index (χ0) is 20.5. The predicted octanol–water partition coefficient (Wildman–Crippen LogP) is 3.14. The summed E-state index contributed by atoms with van der Waals surface area (Å²) in [6.07, 6.45) is 8.38. The van der Waals surface area contributed by atoms with Crippen LogP contribution in [0, 0.1) is 5.92 Å². The van der Waals surface area contributed by atoms with Crippen molar-refractivity contribution in [2.75, 3.05) is 33.2 Å². The fraction of sp³-hybridized carbons (Fsp3) is 0.727. The second kappa shape index (κ2) is 11.6. The highest BCUT2D eigenvalue weighted by Gasteiger charge is 2.31. The van der Waals surface area contributed by atoms with Gasteiger partial charge in [0, 0.05) is 30.1 Å². The minimum atomic E-state index is 0.0305. The van der Waals surface area contributed by atoms with E-state index in [1.165, 1.54) is 37.0 Å². The highest BCUT2D eigenvalue weighted by atomic mass is 32.1. The lowest BCUT2D eigenvalue weighted by Crippen LogP contribution is -2.45. The van der Waals surface area contributed by atoms with Gasteiger partial charge in [-0.05, 0) is 63.6 Å². The van der Waals surface area contributed by atoms with E-state index in [4.69, 9.17) is 0 Å². The molecule has 1 saturated carbocycles. The predicted molar refractivity (Wildman–Crippen MR) is 121 cm³/mol. The Kier molecular flexibility index (Phi) is 8.80. The monoisotopic (exact) mass is 419 g/mol. The Bertz CT molecular complexity index is 642. The Morgan fingerprint density at radius 3 is 2.76 bits per heavy atom. The quantitative estimate of drug-likeness (QED) is 0.469. The first-order valence-electron chi connectivity index (χ1n) is 11.2. The molecule has 1 amide bonds. The van der Waals surface area contributed by atoms with Gasteiger partial charge in [-0.1, -0.05) is 25.3 Å². The third kappa shape index (κ3) is 6.71. The zero-order valence-corrected chi connectivity index (χ0v) is 18.8. The maximum Gasteiger partial charge on any atom is 0.242 e. The largest absolute Gasteiger partial charge is 0.357 e. The highest BCUT2D eigenvalue weighted by molar-refractivity contribution is 7.10. The number of hydrogen-bond donors (Lipinski definition) is 3. The maximum absolute atomic E-state index is 12.3. The average Bonchev–Trinajstić information content (AvgIpc) is 3.25. The second-order valence-corrected chi connectivity index (χ2v) is 9.30. The molecule has 1 aromatic heterocycles. The lowest BCUT2D eigenvalue weighted by Gasteiger charge is -2.39. The van der Waals surface area contributed by atoms with Crippen LogP contribution < -0.4 is 16.0 Å². The number of carbonyl (C=O) groups is 1. The van der Waals surface area contributed by atoms with Crippen molar-refractivity contribution in [3.8, 4) is 0 Å². The molecule has 6 nitrogen and oxygen atoms in total. The third-order valence-corrected chi connectivity index (χ3v) is 7.01. The lowest BCUT2D eigenvalue weighted by atomic mass is 9.88. The Labute approximate surface area is 179 Å². The van der Waals surface area contributed by atoms with E-state index in [0.29, 0.717) is 18.0 Å². The van der Waals surface area contributed by atoms with E-state index in [2.05, 4.69) is 57.3 Å². The van der Waals surface area contributed by atoms with Crippen LogP contribution in [0.1, 0.15) is 62.8 Å². The molecule has 0 bridgehead atoms. The molecule has 162 valence electrons. The second-order valence-electron chi connectivity index (χ2n) is 8.32. The number of likely N-dealkylation sites (tertiary alicyclic amines) is 1. The van der Waals surface area contributed by atoms with Gasteiger partial charge in [-0.25, -0.2) is 4.99 Å². The molecule has 3 N–H and O–H groups in total. The molecule has 0 aromatic carbocycles. The van der Waals surface area contributed by atoms with Crippen LogP contribution in [0.5, 0.6) is 0 Å². The summed E-state index contributed by atoms with van der Waals surface area (Å²) in [5.74, 6) is 1.31. The molecule has 2 atom stereocenters. The van der Waals surface area contributed by atoms with E-state index >= 15 is 0 Å². The molecule has 2 heterocycles. The Morgan fingerprint density at radius 2 is 2.03 bits per heavy atom. The molecule has 1 saturated heterocycles. The van der Waals surface area contributed by atoms with Crippen LogP contribution in [-0.4, -0.2) is 56.0 Å². The SMILES string of the molecule is CCNC(=NCC(=O)NC1CCCCC1)NCC1CCCN(C)C1c1cccs1. The average molecular weight is 420 g/mol. The van der Waals surface area contributed by atoms with Crippen LogP contribution in [0.4, 0.5) is 0 Å². The van der Waals surface area contributed by atoms with Gasteiger partial charge < -0.3 is 16.0 Å². The summed E-state index contributed by atoms with van der Waals surface area (Å²) in [4.78, 5) is 20.8. The summed E-state index contributed by atoms with van der Waals surface area (Å²) in [5, 5.41) is 12.1. The van der Waals surface area contributed by atoms with E-state index in [1.807, 2.05) is 11.3 Å². The minimum absolute atomic E-state index is 0.0305. The smallest absolute Gasteiger partial charge is 0.242 e. The Hall–Kier alpha value is -1.60. The fourth-order valence-corrected chi connectivity index (χ4v) is 5.61. The molecule has 0 spiro atoms. The van der Waals surface area contributed by atoms with Gasteiger partial charge in [0.1, 0.15) is 6.54 Å². The van der Waals surface area contributed by atoms with Gasteiger partial charge in [-0.2, -0.15) is 0 Å². The van der Waals surface area contributed by atoms with Gasteiger partial charge in [-0.3, -0.25) is 9.69 Å². The van der Waals surface area contributed by atoms with E-state index in [1.54, 1.807) is 0 Å². The van der Waals surface area contributed by atoms with Gasteiger partial charge in [-0.15, -0.1) is 11.3 Å². The first-order valence-corrected chi connectivity index (χ1v) is 12.1. The lowest BCUT2D eigenvalue weighted by molar-refractivity contribution is -0.120. The molecular formula is C22H37N5OS. The van der Waals surface area contributed by atoms with Crippen LogP contribution in [0.3, 0.4) is 0 Å². The van der Waals surface area contributed by atoms with Crippen LogP contribution in [0.15, 0.2) is 22.5 Å². The van der Waals surface area contributed by atoms with Crippen molar-refractivity contribution in [3.05, 3.63) is 22.4 Å². The fourth-order valence-electron chi connectivity index (χ4n) is 4.62. The van der Waals surface area contributed by atoms with Gasteiger partial charge in [0.2, 0.25) is 5.91 Å². The summed E-state index contributed by atoms with van der Waals surface area (Å²) in [6, 6.07) is 5.18. The summed E-state index contributed by atoms with van der Waals surface area (Å²) >= 11 is 1.84. The summed E-state index contributed by atoms with van der Waals surface area (Å²) in [7, 11) is 2.23. The molecule has 1 aliphatic heterocycles. The number of hydrogen-bond acceptors (Lipinski definition) is 4. The van der Waals surface area contributed by atoms with E-state index in [9.17, 15) is 4.79 Å². The number of nitrogens with one attached hydrogen (secondary N) is 3. The molecule has 1 aliphatic carbocycles. The Morgan fingerprint density at radius 1 is 1.21 bits per heavy atom. The molecule has 29 heavy (non-hydrogen) atoms. The van der Waals surface area contributed by atoms with E-state index in [0.717, 1.165) is 38.4 Å². The van der Waals surface area contributed by atoms with Crippen molar-refractivity contribution >= 4 is 23.2 Å². The molecule has 1 aromatic rings. The number of guanidine groups is 1. The molecule has 2 unspecified atom stereocenters. The van der Waals surface area contributed by atoms with Crippen molar-refractivity contribution in [2.24, 2.45) is 10.9 Å². The summed E-state index contributed by atoms with van der Waals surface area (Å²) in [5.41, 5.74) is 0. The van der Waals surface area contributed by atoms with Crippen molar-refractivity contribution in [1.82, 2.24) is 20.9 Å². The number of rotatable bonds is 7. The molecule has 0 radical (unpaired) electrons. The number of amides is 1. The van der Waals surface area contributed by atoms with Crippen molar-refractivity contribution in [3.63, 3.8) is 0 Å². The maximum atomic E-state index is 12.3. The third-order valence-electron chi connectivity index (χ3n) is 6.07. The number of nitrogens with zero attached hydrogens (tertiary/aromatic N) is 2. The molecule has 2 fully saturated rings. The van der Waals surface area contributed by atoms with Crippen LogP contribution >= 0.6 is 11.3 Å². The number of thiophene rings is 1. The van der Waals surface area contributed by atoms with E-state index < -0.39 is 0 Å². The van der Waals surface area contributed by atoms with Crippen molar-refractivity contribution in [2.45, 2.75) is 64.0 Å². The van der Waals surface area contributed by atoms with Crippen molar-refractivity contribution < 1.29 is 4.79 Å². The number of carbonyl (C=O) groups excluding carboxylic acids is 1. The van der Waals surface area contributed by atoms with Crippen LogP contribution in [0.2, 0.25) is 0 Å². The standard InChI is InChI=1S/C22H37N5OS/c1-3-23-22(25-16-20(28)26-18-10-5-4-6-11-18)24-15-17-9-7-13-27(2)21(17)19-12-8-14-29-19/h8,12,14,17-18,21H,3-7,9-11,13,15-16H2,1-2H3,(H,26,28)(H2,23,24,25). The van der Waals surface area contributed by atoms with Gasteiger partial charge in [0.15, 0.2) is 5.96 Å². The number of aliphatic imine (C=N–C) groups is 1. The Balaban J connectivity index is 1.53. The first-order chi connectivity index (χ1) is 14.2.